The van der Waals surface area contributed by atoms with E-state index in [0.717, 1.165) is 19.3 Å². The number of piperidine rings is 2. The number of nitrogens with one attached hydrogen (secondary N) is 1. The van der Waals surface area contributed by atoms with E-state index in [1.165, 1.54) is 10.6 Å². The third-order valence-corrected chi connectivity index (χ3v) is 6.98. The fourth-order valence-electron chi connectivity index (χ4n) is 5.34. The Morgan fingerprint density at radius 1 is 1.22 bits per heavy atom. The van der Waals surface area contributed by atoms with E-state index in [1.54, 1.807) is 37.5 Å². The number of ether oxygens (including phenoxy) is 1. The van der Waals surface area contributed by atoms with E-state index in [4.69, 9.17) is 4.74 Å². The Kier molecular flexibility index (Phi) is 4.74. The average Bonchev–Trinajstić information content (AvgIpc) is 2.75. The standard InChI is InChI=1S/C24H27FN4O3/c1-23-8-4-9-24(2,28-23)21(25)19(13-23)32-20-6-5-17(26-27-20)16-11-14-7-10-29(3)22(31)15(14)12-18(16)30/h5-7,10-12,19,21,28,30H,4,8-9,13H2,1-3H3/t19-,21-,23-,24+/m1/s1. The van der Waals surface area contributed by atoms with Crippen LogP contribution in [0.1, 0.15) is 39.5 Å². The summed E-state index contributed by atoms with van der Waals surface area (Å²) in [6.07, 6.45) is 3.26. The first-order valence-corrected chi connectivity index (χ1v) is 10.9. The number of pyridine rings is 1. The highest BCUT2D eigenvalue weighted by Crippen LogP contribution is 2.42. The molecule has 2 aliphatic rings. The van der Waals surface area contributed by atoms with Gasteiger partial charge in [-0.15, -0.1) is 10.2 Å². The molecule has 168 valence electrons. The van der Waals surface area contributed by atoms with Crippen molar-refractivity contribution in [2.24, 2.45) is 7.05 Å². The Morgan fingerprint density at radius 2 is 2.03 bits per heavy atom. The number of aryl methyl sites for hydroxylation is 1. The Balaban J connectivity index is 1.41. The van der Waals surface area contributed by atoms with E-state index < -0.39 is 17.8 Å². The molecule has 2 aliphatic heterocycles. The summed E-state index contributed by atoms with van der Waals surface area (Å²) in [4.78, 5) is 12.3. The molecule has 4 atom stereocenters. The van der Waals surface area contributed by atoms with Gasteiger partial charge in [0.25, 0.3) is 5.56 Å². The fourth-order valence-corrected chi connectivity index (χ4v) is 5.34. The van der Waals surface area contributed by atoms with Gasteiger partial charge >= 0.3 is 0 Å². The van der Waals surface area contributed by atoms with Gasteiger partial charge in [0, 0.05) is 36.8 Å². The largest absolute Gasteiger partial charge is 0.507 e. The quantitative estimate of drug-likeness (QED) is 0.651. The third kappa shape index (κ3) is 3.43. The molecule has 0 amide bonds. The second-order valence-corrected chi connectivity index (χ2v) is 9.66. The van der Waals surface area contributed by atoms with Gasteiger partial charge in [-0.1, -0.05) is 0 Å². The second-order valence-electron chi connectivity index (χ2n) is 9.66. The summed E-state index contributed by atoms with van der Waals surface area (Å²) in [5.74, 6) is 0.197. The highest BCUT2D eigenvalue weighted by molar-refractivity contribution is 5.89. The van der Waals surface area contributed by atoms with E-state index in [9.17, 15) is 9.90 Å². The molecule has 0 radical (unpaired) electrons. The van der Waals surface area contributed by atoms with E-state index in [0.29, 0.717) is 28.5 Å². The second kappa shape index (κ2) is 7.27. The van der Waals surface area contributed by atoms with Crippen LogP contribution < -0.4 is 15.6 Å². The van der Waals surface area contributed by atoms with Gasteiger partial charge in [-0.25, -0.2) is 4.39 Å². The zero-order valence-electron chi connectivity index (χ0n) is 18.4. The Hall–Kier alpha value is -3.00. The monoisotopic (exact) mass is 438 g/mol. The molecule has 0 saturated carbocycles. The minimum absolute atomic E-state index is 0.0559. The van der Waals surface area contributed by atoms with Crippen LogP contribution in [0.15, 0.2) is 41.3 Å². The molecule has 0 spiro atoms. The molecule has 3 aromatic rings. The maximum atomic E-state index is 15.3. The van der Waals surface area contributed by atoms with Crippen LogP contribution >= 0.6 is 0 Å². The van der Waals surface area contributed by atoms with Gasteiger partial charge < -0.3 is 19.7 Å². The molecule has 0 unspecified atom stereocenters. The van der Waals surface area contributed by atoms with Crippen molar-refractivity contribution in [2.75, 3.05) is 0 Å². The Labute approximate surface area is 185 Å². The predicted molar refractivity (Wildman–Crippen MR) is 120 cm³/mol. The maximum absolute atomic E-state index is 15.3. The molecule has 7 nitrogen and oxygen atoms in total. The first-order chi connectivity index (χ1) is 15.2. The minimum Gasteiger partial charge on any atom is -0.507 e. The SMILES string of the molecule is Cn1ccc2cc(-c3ccc(O[C@@H]4C[C@@]5(C)CCC[C@](C)(N5)[C@@H]4F)nn3)c(O)cc2c1=O. The van der Waals surface area contributed by atoms with Gasteiger partial charge in [0.1, 0.15) is 11.9 Å². The number of rotatable bonds is 3. The molecule has 4 heterocycles. The van der Waals surface area contributed by atoms with Crippen LogP contribution in [0.3, 0.4) is 0 Å². The van der Waals surface area contributed by atoms with Gasteiger partial charge in [-0.3, -0.25) is 4.79 Å². The lowest BCUT2D eigenvalue weighted by Crippen LogP contribution is -2.71. The zero-order valence-corrected chi connectivity index (χ0v) is 18.4. The molecule has 2 aromatic heterocycles. The molecular weight excluding hydrogens is 411 g/mol. The zero-order chi connectivity index (χ0) is 22.7. The molecule has 2 saturated heterocycles. The van der Waals surface area contributed by atoms with E-state index in [1.807, 2.05) is 6.92 Å². The van der Waals surface area contributed by atoms with Crippen molar-refractivity contribution < 1.29 is 14.2 Å². The van der Waals surface area contributed by atoms with Crippen LogP contribution in [0.5, 0.6) is 11.6 Å². The number of phenolic OH excluding ortho intramolecular Hbond substituents is 1. The number of hydrogen-bond donors (Lipinski definition) is 2. The number of aromatic hydroxyl groups is 1. The summed E-state index contributed by atoms with van der Waals surface area (Å²) in [6, 6.07) is 8.29. The molecule has 2 bridgehead atoms. The summed E-state index contributed by atoms with van der Waals surface area (Å²) in [5, 5.41) is 23.4. The van der Waals surface area contributed by atoms with Gasteiger partial charge in [0.05, 0.1) is 16.6 Å². The number of benzene rings is 1. The lowest BCUT2D eigenvalue weighted by Gasteiger charge is -2.54. The highest BCUT2D eigenvalue weighted by Gasteiger charge is 2.53. The molecule has 2 fully saturated rings. The summed E-state index contributed by atoms with van der Waals surface area (Å²) in [7, 11) is 1.66. The van der Waals surface area contributed by atoms with E-state index >= 15 is 4.39 Å². The lowest BCUT2D eigenvalue weighted by atomic mass is 9.69. The van der Waals surface area contributed by atoms with Crippen LogP contribution in [0.4, 0.5) is 4.39 Å². The van der Waals surface area contributed by atoms with Crippen molar-refractivity contribution >= 4 is 10.8 Å². The summed E-state index contributed by atoms with van der Waals surface area (Å²) in [6.45, 7) is 4.05. The normalized spacial score (nSPS) is 29.8. The number of halogens is 1. The molecule has 32 heavy (non-hydrogen) atoms. The molecule has 8 heteroatoms. The van der Waals surface area contributed by atoms with Crippen molar-refractivity contribution in [3.05, 3.63) is 46.9 Å². The summed E-state index contributed by atoms with van der Waals surface area (Å²) >= 11 is 0. The first-order valence-electron chi connectivity index (χ1n) is 10.9. The number of hydrogen-bond acceptors (Lipinski definition) is 6. The molecule has 1 aromatic carbocycles. The fraction of sp³-hybridized carbons (Fsp3) is 0.458. The van der Waals surface area contributed by atoms with Crippen LogP contribution in [-0.4, -0.2) is 43.2 Å². The van der Waals surface area contributed by atoms with Crippen LogP contribution in [0.25, 0.3) is 22.0 Å². The van der Waals surface area contributed by atoms with Gasteiger partial charge in [0.15, 0.2) is 6.17 Å². The number of aromatic nitrogens is 3. The van der Waals surface area contributed by atoms with E-state index in [2.05, 4.69) is 22.4 Å². The maximum Gasteiger partial charge on any atom is 0.258 e. The predicted octanol–water partition coefficient (Wildman–Crippen LogP) is 3.48. The van der Waals surface area contributed by atoms with E-state index in [-0.39, 0.29) is 22.7 Å². The number of alkyl halides is 1. The number of nitrogens with zero attached hydrogens (tertiary/aromatic N) is 3. The van der Waals surface area contributed by atoms with Crippen LogP contribution in [0, 0.1) is 0 Å². The third-order valence-electron chi connectivity index (χ3n) is 6.98. The van der Waals surface area contributed by atoms with Crippen LogP contribution in [0.2, 0.25) is 0 Å². The molecule has 5 rings (SSSR count). The number of phenols is 1. The van der Waals surface area contributed by atoms with Crippen molar-refractivity contribution in [1.82, 2.24) is 20.1 Å². The van der Waals surface area contributed by atoms with Gasteiger partial charge in [-0.2, -0.15) is 0 Å². The lowest BCUT2D eigenvalue weighted by molar-refractivity contribution is -0.0626. The van der Waals surface area contributed by atoms with Crippen molar-refractivity contribution in [3.8, 4) is 22.9 Å². The van der Waals surface area contributed by atoms with Crippen molar-refractivity contribution in [1.29, 1.82) is 0 Å². The Morgan fingerprint density at radius 3 is 2.78 bits per heavy atom. The molecule has 2 N–H and O–H groups in total. The highest BCUT2D eigenvalue weighted by atomic mass is 19.1. The van der Waals surface area contributed by atoms with Gasteiger partial charge in [-0.05, 0) is 62.8 Å². The van der Waals surface area contributed by atoms with Crippen molar-refractivity contribution in [2.45, 2.75) is 62.9 Å². The Bertz CT molecular complexity index is 1240. The molecule has 0 aliphatic carbocycles. The topological polar surface area (TPSA) is 89.3 Å². The first kappa shape index (κ1) is 20.9. The minimum atomic E-state index is -1.15. The number of fused-ring (bicyclic) bond motifs is 3. The van der Waals surface area contributed by atoms with Gasteiger partial charge in [0.2, 0.25) is 5.88 Å². The summed E-state index contributed by atoms with van der Waals surface area (Å²) < 4.78 is 22.7. The summed E-state index contributed by atoms with van der Waals surface area (Å²) in [5.41, 5.74) is -0.0345. The average molecular weight is 439 g/mol. The molecular formula is C24H27FN4O3. The smallest absolute Gasteiger partial charge is 0.258 e. The van der Waals surface area contributed by atoms with Crippen molar-refractivity contribution in [3.63, 3.8) is 0 Å². The van der Waals surface area contributed by atoms with Crippen LogP contribution in [-0.2, 0) is 7.05 Å².